The van der Waals surface area contributed by atoms with Crippen molar-refractivity contribution in [1.29, 1.82) is 0 Å². The summed E-state index contributed by atoms with van der Waals surface area (Å²) in [6, 6.07) is 24.3. The summed E-state index contributed by atoms with van der Waals surface area (Å²) in [7, 11) is 0. The monoisotopic (exact) mass is 397 g/mol. The molecule has 142 valence electrons. The van der Waals surface area contributed by atoms with Crippen molar-refractivity contribution in [2.45, 2.75) is 12.1 Å². The largest absolute Gasteiger partial charge is 0.351 e. The van der Waals surface area contributed by atoms with Gasteiger partial charge in [-0.25, -0.2) is 0 Å². The standard InChI is InChI=1S/C23H19N5S/c29-23-26-21(19-11-4-5-14-25-19)22(28(23)17-8-2-1-3-9-17)20-12-7-15-27(20)18-10-6-13-24-16-18/h1-16,21-22H,(H,26,29)/t21-,22+/m1/s1. The van der Waals surface area contributed by atoms with Gasteiger partial charge in [-0.05, 0) is 60.7 Å². The van der Waals surface area contributed by atoms with Gasteiger partial charge >= 0.3 is 0 Å². The van der Waals surface area contributed by atoms with Crippen LogP contribution in [0, 0.1) is 0 Å². The van der Waals surface area contributed by atoms with Crippen molar-refractivity contribution >= 4 is 23.0 Å². The minimum absolute atomic E-state index is 0.0602. The Bertz CT molecular complexity index is 1110. The van der Waals surface area contributed by atoms with E-state index in [1.54, 1.807) is 6.20 Å². The van der Waals surface area contributed by atoms with Crippen molar-refractivity contribution in [2.24, 2.45) is 0 Å². The third-order valence-corrected chi connectivity index (χ3v) is 5.45. The lowest BCUT2D eigenvalue weighted by molar-refractivity contribution is 0.549. The number of anilines is 1. The van der Waals surface area contributed by atoms with Crippen molar-refractivity contribution in [2.75, 3.05) is 4.90 Å². The molecule has 0 saturated carbocycles. The van der Waals surface area contributed by atoms with Gasteiger partial charge < -0.3 is 14.8 Å². The van der Waals surface area contributed by atoms with Gasteiger partial charge in [-0.1, -0.05) is 24.3 Å². The summed E-state index contributed by atoms with van der Waals surface area (Å²) in [5.74, 6) is 0. The van der Waals surface area contributed by atoms with E-state index in [-0.39, 0.29) is 12.1 Å². The van der Waals surface area contributed by atoms with E-state index in [1.807, 2.05) is 54.9 Å². The lowest BCUT2D eigenvalue weighted by Crippen LogP contribution is -2.30. The van der Waals surface area contributed by atoms with Crippen molar-refractivity contribution in [3.05, 3.63) is 109 Å². The van der Waals surface area contributed by atoms with Crippen LogP contribution in [0.4, 0.5) is 5.69 Å². The highest BCUT2D eigenvalue weighted by Gasteiger charge is 2.42. The molecular weight excluding hydrogens is 378 g/mol. The van der Waals surface area contributed by atoms with Gasteiger partial charge in [0.25, 0.3) is 0 Å². The fourth-order valence-electron chi connectivity index (χ4n) is 3.89. The zero-order valence-corrected chi connectivity index (χ0v) is 16.4. The molecule has 2 atom stereocenters. The quantitative estimate of drug-likeness (QED) is 0.516. The van der Waals surface area contributed by atoms with E-state index in [1.165, 1.54) is 0 Å². The molecule has 1 saturated heterocycles. The second-order valence-corrected chi connectivity index (χ2v) is 7.23. The second kappa shape index (κ2) is 7.48. The lowest BCUT2D eigenvalue weighted by Gasteiger charge is -2.29. The van der Waals surface area contributed by atoms with Gasteiger partial charge in [-0.3, -0.25) is 9.97 Å². The molecule has 1 aliphatic rings. The summed E-state index contributed by atoms with van der Waals surface area (Å²) < 4.78 is 2.17. The van der Waals surface area contributed by atoms with Gasteiger partial charge in [0.05, 0.1) is 23.6 Å². The Morgan fingerprint density at radius 1 is 0.828 bits per heavy atom. The first kappa shape index (κ1) is 17.6. The maximum Gasteiger partial charge on any atom is 0.174 e. The van der Waals surface area contributed by atoms with Crippen LogP contribution in [0.25, 0.3) is 5.69 Å². The minimum Gasteiger partial charge on any atom is -0.351 e. The Balaban J connectivity index is 1.67. The van der Waals surface area contributed by atoms with Crippen LogP contribution in [-0.2, 0) is 0 Å². The average Bonchev–Trinajstić information content (AvgIpc) is 3.40. The SMILES string of the molecule is S=C1N[C@H](c2ccccn2)[C@H](c2cccn2-c2cccnc2)N1c1ccccc1. The fraction of sp³-hybridized carbons (Fsp3) is 0.0870. The van der Waals surface area contributed by atoms with E-state index in [0.717, 1.165) is 22.8 Å². The molecule has 0 aliphatic carbocycles. The van der Waals surface area contributed by atoms with Crippen LogP contribution in [0.1, 0.15) is 23.5 Å². The summed E-state index contributed by atoms with van der Waals surface area (Å²) in [6.45, 7) is 0. The van der Waals surface area contributed by atoms with Gasteiger partial charge in [0.2, 0.25) is 0 Å². The van der Waals surface area contributed by atoms with Crippen LogP contribution in [0.5, 0.6) is 0 Å². The summed E-state index contributed by atoms with van der Waals surface area (Å²) in [5, 5.41) is 4.19. The smallest absolute Gasteiger partial charge is 0.174 e. The van der Waals surface area contributed by atoms with E-state index >= 15 is 0 Å². The lowest BCUT2D eigenvalue weighted by atomic mass is 10.0. The molecule has 0 bridgehead atoms. The summed E-state index contributed by atoms with van der Waals surface area (Å²) in [6.07, 6.45) is 7.54. The highest BCUT2D eigenvalue weighted by molar-refractivity contribution is 7.80. The molecule has 1 aromatic carbocycles. The molecule has 5 rings (SSSR count). The summed E-state index contributed by atoms with van der Waals surface area (Å²) in [4.78, 5) is 11.1. The molecule has 0 spiro atoms. The first-order valence-electron chi connectivity index (χ1n) is 9.46. The zero-order valence-electron chi connectivity index (χ0n) is 15.6. The molecule has 6 heteroatoms. The normalized spacial score (nSPS) is 18.6. The van der Waals surface area contributed by atoms with Crippen LogP contribution < -0.4 is 10.2 Å². The van der Waals surface area contributed by atoms with E-state index < -0.39 is 0 Å². The molecule has 4 aromatic rings. The molecule has 29 heavy (non-hydrogen) atoms. The number of pyridine rings is 2. The average molecular weight is 398 g/mol. The minimum atomic E-state index is -0.0748. The summed E-state index contributed by atoms with van der Waals surface area (Å²) in [5.41, 5.74) is 4.13. The van der Waals surface area contributed by atoms with Gasteiger partial charge in [0.15, 0.2) is 5.11 Å². The number of hydrogen-bond donors (Lipinski definition) is 1. The van der Waals surface area contributed by atoms with Gasteiger partial charge in [0, 0.05) is 30.0 Å². The Hall–Kier alpha value is -3.51. The molecule has 3 aromatic heterocycles. The van der Waals surface area contributed by atoms with Crippen molar-refractivity contribution < 1.29 is 0 Å². The van der Waals surface area contributed by atoms with E-state index in [4.69, 9.17) is 12.2 Å². The maximum absolute atomic E-state index is 5.78. The van der Waals surface area contributed by atoms with Crippen molar-refractivity contribution in [3.63, 3.8) is 0 Å². The number of benzene rings is 1. The van der Waals surface area contributed by atoms with Crippen molar-refractivity contribution in [1.82, 2.24) is 19.9 Å². The number of hydrogen-bond acceptors (Lipinski definition) is 3. The molecule has 1 aliphatic heterocycles. The number of nitrogens with one attached hydrogen (secondary N) is 1. The molecule has 1 fully saturated rings. The molecule has 0 unspecified atom stereocenters. The Morgan fingerprint density at radius 3 is 2.41 bits per heavy atom. The summed E-state index contributed by atoms with van der Waals surface area (Å²) >= 11 is 5.78. The molecule has 5 nitrogen and oxygen atoms in total. The van der Waals surface area contributed by atoms with Gasteiger partial charge in [-0.2, -0.15) is 0 Å². The Labute approximate surface area is 174 Å². The van der Waals surface area contributed by atoms with Gasteiger partial charge in [0.1, 0.15) is 6.04 Å². The highest BCUT2D eigenvalue weighted by atomic mass is 32.1. The Kier molecular flexibility index (Phi) is 4.54. The molecule has 4 heterocycles. The third-order valence-electron chi connectivity index (χ3n) is 5.14. The van der Waals surface area contributed by atoms with Crippen LogP contribution >= 0.6 is 12.2 Å². The predicted octanol–water partition coefficient (Wildman–Crippen LogP) is 4.44. The second-order valence-electron chi connectivity index (χ2n) is 6.85. The molecule has 0 amide bonds. The number of para-hydroxylation sites is 1. The third kappa shape index (κ3) is 3.17. The molecule has 1 N–H and O–H groups in total. The number of thiocarbonyl (C=S) groups is 1. The van der Waals surface area contributed by atoms with Crippen molar-refractivity contribution in [3.8, 4) is 5.69 Å². The molecule has 0 radical (unpaired) electrons. The van der Waals surface area contributed by atoms with E-state index in [2.05, 4.69) is 61.3 Å². The number of rotatable bonds is 4. The fourth-order valence-corrected chi connectivity index (χ4v) is 4.23. The van der Waals surface area contributed by atoms with Crippen LogP contribution in [0.3, 0.4) is 0 Å². The van der Waals surface area contributed by atoms with Gasteiger partial charge in [-0.15, -0.1) is 0 Å². The predicted molar refractivity (Wildman–Crippen MR) is 118 cm³/mol. The van der Waals surface area contributed by atoms with E-state index in [9.17, 15) is 0 Å². The first-order valence-corrected chi connectivity index (χ1v) is 9.87. The number of nitrogens with zero attached hydrogens (tertiary/aromatic N) is 4. The van der Waals surface area contributed by atoms with Crippen LogP contribution in [0.15, 0.2) is 97.6 Å². The van der Waals surface area contributed by atoms with Crippen LogP contribution in [0.2, 0.25) is 0 Å². The molecular formula is C23H19N5S. The highest BCUT2D eigenvalue weighted by Crippen LogP contribution is 2.42. The zero-order chi connectivity index (χ0) is 19.6. The van der Waals surface area contributed by atoms with Crippen LogP contribution in [-0.4, -0.2) is 19.6 Å². The maximum atomic E-state index is 5.78. The Morgan fingerprint density at radius 2 is 1.66 bits per heavy atom. The van der Waals surface area contributed by atoms with E-state index in [0.29, 0.717) is 5.11 Å². The first-order chi connectivity index (χ1) is 14.3. The topological polar surface area (TPSA) is 46.0 Å². The number of aromatic nitrogens is 3.